The summed E-state index contributed by atoms with van der Waals surface area (Å²) < 4.78 is 0.256. The van der Waals surface area contributed by atoms with Gasteiger partial charge in [-0.05, 0) is 0 Å². The van der Waals surface area contributed by atoms with Crippen molar-refractivity contribution in [3.63, 3.8) is 0 Å². The quantitative estimate of drug-likeness (QED) is 0.204. The molecule has 0 aliphatic rings. The second-order valence-electron chi connectivity index (χ2n) is 3.45. The standard InChI is InChI=1S/C11H12N7Se/c1-7(16-14-6-12)9-4-3-5-10(15-9)8(2)17-18-11(13)19/h3-5,14H,1-2H3,(H2,13,18)/b16-7+,17-8+. The van der Waals surface area contributed by atoms with Crippen molar-refractivity contribution >= 4 is 32.2 Å². The number of nitriles is 1. The van der Waals surface area contributed by atoms with E-state index in [1.54, 1.807) is 32.2 Å². The Balaban J connectivity index is 3.04. The molecule has 0 spiro atoms. The predicted octanol–water partition coefficient (Wildman–Crippen LogP) is 0.0835. The second kappa shape index (κ2) is 7.26. The Hall–Kier alpha value is -2.23. The first-order valence-corrected chi connectivity index (χ1v) is 6.11. The molecule has 1 aromatic heterocycles. The molecule has 1 heterocycles. The summed E-state index contributed by atoms with van der Waals surface area (Å²) in [5.41, 5.74) is 10.1. The molecular weight excluding hydrogens is 309 g/mol. The van der Waals surface area contributed by atoms with Gasteiger partial charge >= 0.3 is 119 Å². The zero-order valence-corrected chi connectivity index (χ0v) is 12.2. The van der Waals surface area contributed by atoms with Gasteiger partial charge in [-0.3, -0.25) is 0 Å². The van der Waals surface area contributed by atoms with E-state index in [9.17, 15) is 0 Å². The van der Waals surface area contributed by atoms with Crippen molar-refractivity contribution in [3.05, 3.63) is 29.6 Å². The average Bonchev–Trinajstić information content (AvgIpc) is 2.42. The summed E-state index contributed by atoms with van der Waals surface area (Å²) in [6, 6.07) is 5.42. The Kier molecular flexibility index (Phi) is 5.67. The summed E-state index contributed by atoms with van der Waals surface area (Å²) in [4.78, 5) is 4.37. The summed E-state index contributed by atoms with van der Waals surface area (Å²) in [5.74, 6) is 0. The van der Waals surface area contributed by atoms with Crippen LogP contribution in [0.3, 0.4) is 0 Å². The molecule has 0 saturated heterocycles. The summed E-state index contributed by atoms with van der Waals surface area (Å²) in [6.45, 7) is 3.53. The van der Waals surface area contributed by atoms with E-state index in [-0.39, 0.29) is 4.73 Å². The number of amidine groups is 1. The first kappa shape index (κ1) is 14.8. The molecule has 0 aliphatic carbocycles. The molecule has 0 aliphatic heterocycles. The summed E-state index contributed by atoms with van der Waals surface area (Å²) in [7, 11) is 0. The number of nitrogens with zero attached hydrogens (tertiary/aromatic N) is 5. The van der Waals surface area contributed by atoms with Crippen molar-refractivity contribution in [3.8, 4) is 6.19 Å². The van der Waals surface area contributed by atoms with E-state index in [2.05, 4.69) is 41.7 Å². The summed E-state index contributed by atoms with van der Waals surface area (Å²) in [5, 5.41) is 19.9. The zero-order chi connectivity index (χ0) is 14.3. The van der Waals surface area contributed by atoms with E-state index in [0.29, 0.717) is 22.8 Å². The first-order chi connectivity index (χ1) is 9.04. The van der Waals surface area contributed by atoms with Crippen LogP contribution in [0.25, 0.3) is 0 Å². The number of nitrogens with two attached hydrogens (primary N) is 1. The Labute approximate surface area is 119 Å². The number of nitrogens with one attached hydrogen (secondary N) is 1. The van der Waals surface area contributed by atoms with Crippen molar-refractivity contribution < 1.29 is 0 Å². The minimum absolute atomic E-state index is 0.256. The molecule has 0 saturated carbocycles. The first-order valence-electron chi connectivity index (χ1n) is 5.25. The van der Waals surface area contributed by atoms with Crippen LogP contribution in [0.2, 0.25) is 0 Å². The van der Waals surface area contributed by atoms with Crippen LogP contribution in [-0.4, -0.2) is 37.2 Å². The van der Waals surface area contributed by atoms with Gasteiger partial charge in [-0.1, -0.05) is 0 Å². The molecule has 1 radical (unpaired) electrons. The van der Waals surface area contributed by atoms with Gasteiger partial charge in [0, 0.05) is 0 Å². The molecule has 3 N–H and O–H groups in total. The molecule has 7 nitrogen and oxygen atoms in total. The minimum atomic E-state index is 0.256. The Morgan fingerprint density at radius 2 is 1.95 bits per heavy atom. The molecule has 19 heavy (non-hydrogen) atoms. The van der Waals surface area contributed by atoms with Crippen LogP contribution in [0.1, 0.15) is 25.2 Å². The van der Waals surface area contributed by atoms with E-state index >= 15 is 0 Å². The predicted molar refractivity (Wildman–Crippen MR) is 74.8 cm³/mol. The van der Waals surface area contributed by atoms with Gasteiger partial charge < -0.3 is 0 Å². The third-order valence-corrected chi connectivity index (χ3v) is 2.23. The summed E-state index contributed by atoms with van der Waals surface area (Å²) in [6.07, 6.45) is 1.71. The van der Waals surface area contributed by atoms with E-state index in [4.69, 9.17) is 11.0 Å². The molecule has 0 amide bonds. The van der Waals surface area contributed by atoms with Gasteiger partial charge in [-0.2, -0.15) is 0 Å². The molecule has 97 valence electrons. The Bertz CT molecular complexity index is 579. The third-order valence-electron chi connectivity index (χ3n) is 2.06. The molecule has 1 rings (SSSR count). The zero-order valence-electron chi connectivity index (χ0n) is 10.5. The maximum absolute atomic E-state index is 8.39. The van der Waals surface area contributed by atoms with Gasteiger partial charge in [-0.25, -0.2) is 0 Å². The third kappa shape index (κ3) is 4.87. The maximum atomic E-state index is 8.39. The molecule has 1 aromatic rings. The van der Waals surface area contributed by atoms with Gasteiger partial charge in [0.15, 0.2) is 0 Å². The van der Waals surface area contributed by atoms with Crippen LogP contribution < -0.4 is 11.2 Å². The molecule has 0 aromatic carbocycles. The fourth-order valence-electron chi connectivity index (χ4n) is 1.18. The van der Waals surface area contributed by atoms with E-state index in [1.807, 2.05) is 6.07 Å². The molecule has 0 fully saturated rings. The monoisotopic (exact) mass is 322 g/mol. The van der Waals surface area contributed by atoms with Gasteiger partial charge in [0.25, 0.3) is 0 Å². The number of pyridine rings is 1. The molecule has 0 bridgehead atoms. The van der Waals surface area contributed by atoms with Crippen molar-refractivity contribution in [2.75, 3.05) is 0 Å². The van der Waals surface area contributed by atoms with Crippen molar-refractivity contribution in [2.45, 2.75) is 13.8 Å². The van der Waals surface area contributed by atoms with E-state index in [1.165, 1.54) is 0 Å². The Morgan fingerprint density at radius 3 is 2.53 bits per heavy atom. The van der Waals surface area contributed by atoms with Crippen LogP contribution in [-0.2, 0) is 0 Å². The van der Waals surface area contributed by atoms with Crippen LogP contribution in [0.15, 0.2) is 33.5 Å². The number of aromatic nitrogens is 1. The van der Waals surface area contributed by atoms with Crippen LogP contribution in [0.5, 0.6) is 0 Å². The normalized spacial score (nSPS) is 13.0. The molecular formula is C11H12N7Se. The molecule has 0 unspecified atom stereocenters. The van der Waals surface area contributed by atoms with E-state index in [0.717, 1.165) is 0 Å². The molecule has 0 atom stereocenters. The van der Waals surface area contributed by atoms with Crippen LogP contribution in [0.4, 0.5) is 0 Å². The van der Waals surface area contributed by atoms with Crippen molar-refractivity contribution in [1.29, 1.82) is 5.26 Å². The van der Waals surface area contributed by atoms with Gasteiger partial charge in [0.05, 0.1) is 0 Å². The summed E-state index contributed by atoms with van der Waals surface area (Å²) >= 11 is 2.54. The topological polar surface area (TPSA) is 112 Å². The second-order valence-corrected chi connectivity index (χ2v) is 4.33. The van der Waals surface area contributed by atoms with Crippen molar-refractivity contribution in [1.82, 2.24) is 10.4 Å². The number of hydrogen-bond donors (Lipinski definition) is 2. The number of rotatable bonds is 4. The van der Waals surface area contributed by atoms with Crippen LogP contribution in [0, 0.1) is 11.5 Å². The van der Waals surface area contributed by atoms with Gasteiger partial charge in [0.1, 0.15) is 0 Å². The van der Waals surface area contributed by atoms with Gasteiger partial charge in [-0.15, -0.1) is 0 Å². The Morgan fingerprint density at radius 1 is 1.32 bits per heavy atom. The fraction of sp³-hybridized carbons (Fsp3) is 0.182. The average molecular weight is 321 g/mol. The SMILES string of the molecule is C/C(=N\N=C(\N)[Se])c1cccc(/C(C)=N/NC#N)n1. The fourth-order valence-corrected chi connectivity index (χ4v) is 1.27. The van der Waals surface area contributed by atoms with Crippen LogP contribution >= 0.6 is 0 Å². The number of hydrogen-bond acceptors (Lipinski definition) is 6. The van der Waals surface area contributed by atoms with E-state index < -0.39 is 0 Å². The molecule has 8 heteroatoms. The number of hydrazone groups is 1. The van der Waals surface area contributed by atoms with Gasteiger partial charge in [0.2, 0.25) is 0 Å². The van der Waals surface area contributed by atoms with Crippen molar-refractivity contribution in [2.24, 2.45) is 21.0 Å².